The van der Waals surface area contributed by atoms with Gasteiger partial charge in [0.15, 0.2) is 0 Å². The van der Waals surface area contributed by atoms with E-state index in [1.165, 1.54) is 9.75 Å². The Morgan fingerprint density at radius 2 is 2.15 bits per heavy atom. The highest BCUT2D eigenvalue weighted by Crippen LogP contribution is 2.22. The molecule has 0 spiro atoms. The van der Waals surface area contributed by atoms with Gasteiger partial charge < -0.3 is 11.1 Å². The molecule has 0 saturated heterocycles. The Hall–Kier alpha value is -0.380. The van der Waals surface area contributed by atoms with E-state index in [-0.39, 0.29) is 0 Å². The molecule has 2 atom stereocenters. The Morgan fingerprint density at radius 3 is 2.62 bits per heavy atom. The first-order valence-electron chi connectivity index (χ1n) is 4.66. The molecule has 1 rings (SSSR count). The second-order valence-electron chi connectivity index (χ2n) is 3.47. The molecule has 2 nitrogen and oxygen atoms in total. The normalized spacial score (nSPS) is 15.7. The van der Waals surface area contributed by atoms with Gasteiger partial charge in [-0.3, -0.25) is 0 Å². The summed E-state index contributed by atoms with van der Waals surface area (Å²) in [7, 11) is 0. The van der Waals surface area contributed by atoms with Gasteiger partial charge in [0.05, 0.1) is 0 Å². The van der Waals surface area contributed by atoms with E-state index in [1.807, 2.05) is 11.3 Å². The van der Waals surface area contributed by atoms with E-state index in [0.29, 0.717) is 18.6 Å². The molecule has 3 heteroatoms. The van der Waals surface area contributed by atoms with Crippen LogP contribution in [0.2, 0.25) is 0 Å². The zero-order valence-corrected chi connectivity index (χ0v) is 9.32. The Bertz CT molecular complexity index is 257. The number of nitrogens with one attached hydrogen (secondary N) is 1. The molecule has 1 heterocycles. The van der Waals surface area contributed by atoms with Crippen molar-refractivity contribution in [2.45, 2.75) is 32.9 Å². The van der Waals surface area contributed by atoms with Crippen molar-refractivity contribution in [1.82, 2.24) is 5.32 Å². The van der Waals surface area contributed by atoms with Crippen LogP contribution in [0.15, 0.2) is 12.1 Å². The monoisotopic (exact) mass is 198 g/mol. The molecule has 13 heavy (non-hydrogen) atoms. The van der Waals surface area contributed by atoms with Gasteiger partial charge in [-0.15, -0.1) is 11.3 Å². The first-order valence-corrected chi connectivity index (χ1v) is 5.47. The Kier molecular flexibility index (Phi) is 3.90. The lowest BCUT2D eigenvalue weighted by Gasteiger charge is -2.17. The lowest BCUT2D eigenvalue weighted by atomic mass is 10.2. The molecule has 0 aliphatic carbocycles. The third kappa shape index (κ3) is 3.10. The average molecular weight is 198 g/mol. The van der Waals surface area contributed by atoms with Crippen LogP contribution < -0.4 is 11.1 Å². The molecule has 0 aliphatic rings. The smallest absolute Gasteiger partial charge is 0.0388 e. The fourth-order valence-electron chi connectivity index (χ4n) is 1.26. The van der Waals surface area contributed by atoms with E-state index in [4.69, 9.17) is 5.73 Å². The number of aryl methyl sites for hydroxylation is 1. The van der Waals surface area contributed by atoms with Crippen LogP contribution in [0.1, 0.15) is 29.6 Å². The van der Waals surface area contributed by atoms with Crippen molar-refractivity contribution in [2.75, 3.05) is 6.54 Å². The van der Waals surface area contributed by atoms with Crippen molar-refractivity contribution in [3.63, 3.8) is 0 Å². The summed E-state index contributed by atoms with van der Waals surface area (Å²) in [6.07, 6.45) is 0. The molecule has 0 aromatic carbocycles. The predicted molar refractivity (Wildman–Crippen MR) is 59.1 cm³/mol. The maximum absolute atomic E-state index is 5.54. The van der Waals surface area contributed by atoms with Gasteiger partial charge in [-0.05, 0) is 32.9 Å². The topological polar surface area (TPSA) is 38.0 Å². The molecule has 0 saturated carbocycles. The van der Waals surface area contributed by atoms with E-state index in [9.17, 15) is 0 Å². The molecule has 0 bridgehead atoms. The molecule has 2 unspecified atom stereocenters. The average Bonchev–Trinajstić information content (AvgIpc) is 2.51. The van der Waals surface area contributed by atoms with Gasteiger partial charge >= 0.3 is 0 Å². The van der Waals surface area contributed by atoms with E-state index >= 15 is 0 Å². The molecule has 1 aromatic rings. The van der Waals surface area contributed by atoms with Crippen LogP contribution in [0.4, 0.5) is 0 Å². The van der Waals surface area contributed by atoms with E-state index in [0.717, 1.165) is 0 Å². The van der Waals surface area contributed by atoms with Crippen molar-refractivity contribution in [2.24, 2.45) is 5.73 Å². The lowest BCUT2D eigenvalue weighted by Crippen LogP contribution is -2.34. The first kappa shape index (κ1) is 10.7. The van der Waals surface area contributed by atoms with Crippen molar-refractivity contribution >= 4 is 11.3 Å². The van der Waals surface area contributed by atoms with Crippen LogP contribution in [-0.4, -0.2) is 12.6 Å². The number of nitrogens with two attached hydrogens (primary N) is 1. The van der Waals surface area contributed by atoms with E-state index in [2.05, 4.69) is 38.2 Å². The third-order valence-electron chi connectivity index (χ3n) is 2.08. The van der Waals surface area contributed by atoms with Crippen molar-refractivity contribution < 1.29 is 0 Å². The zero-order chi connectivity index (χ0) is 9.84. The minimum absolute atomic E-state index is 0.386. The molecule has 74 valence electrons. The maximum atomic E-state index is 5.54. The molecule has 0 radical (unpaired) electrons. The molecule has 3 N–H and O–H groups in total. The third-order valence-corrected chi connectivity index (χ3v) is 3.26. The van der Waals surface area contributed by atoms with Gasteiger partial charge in [0.25, 0.3) is 0 Å². The summed E-state index contributed by atoms with van der Waals surface area (Å²) in [5, 5.41) is 3.44. The largest absolute Gasteiger partial charge is 0.329 e. The summed E-state index contributed by atoms with van der Waals surface area (Å²) < 4.78 is 0. The van der Waals surface area contributed by atoms with Gasteiger partial charge in [-0.2, -0.15) is 0 Å². The van der Waals surface area contributed by atoms with Crippen LogP contribution >= 0.6 is 11.3 Å². The highest BCUT2D eigenvalue weighted by Gasteiger charge is 2.09. The molecule has 1 aromatic heterocycles. The highest BCUT2D eigenvalue weighted by atomic mass is 32.1. The molecule has 0 fully saturated rings. The van der Waals surface area contributed by atoms with Gasteiger partial charge in [0, 0.05) is 28.4 Å². The lowest BCUT2D eigenvalue weighted by molar-refractivity contribution is 0.490. The second kappa shape index (κ2) is 4.74. The van der Waals surface area contributed by atoms with Gasteiger partial charge in [-0.1, -0.05) is 0 Å². The van der Waals surface area contributed by atoms with Crippen molar-refractivity contribution in [3.8, 4) is 0 Å². The minimum Gasteiger partial charge on any atom is -0.329 e. The standard InChI is InChI=1S/C10H18N2S/c1-7(6-11)12-9(3)10-5-4-8(2)13-10/h4-5,7,9,12H,6,11H2,1-3H3. The SMILES string of the molecule is Cc1ccc(C(C)NC(C)CN)s1. The molecule has 0 aliphatic heterocycles. The molecular formula is C10H18N2S. The first-order chi connectivity index (χ1) is 6.13. The summed E-state index contributed by atoms with van der Waals surface area (Å²) in [6.45, 7) is 7.11. The summed E-state index contributed by atoms with van der Waals surface area (Å²) in [4.78, 5) is 2.75. The van der Waals surface area contributed by atoms with Crippen LogP contribution in [0.3, 0.4) is 0 Å². The number of hydrogen-bond acceptors (Lipinski definition) is 3. The van der Waals surface area contributed by atoms with E-state index < -0.39 is 0 Å². The van der Waals surface area contributed by atoms with Crippen molar-refractivity contribution in [3.05, 3.63) is 21.9 Å². The summed E-state index contributed by atoms with van der Waals surface area (Å²) >= 11 is 1.84. The maximum Gasteiger partial charge on any atom is 0.0388 e. The number of hydrogen-bond donors (Lipinski definition) is 2. The number of rotatable bonds is 4. The van der Waals surface area contributed by atoms with Crippen LogP contribution in [0.25, 0.3) is 0 Å². The summed E-state index contributed by atoms with van der Waals surface area (Å²) in [5.74, 6) is 0. The molecular weight excluding hydrogens is 180 g/mol. The van der Waals surface area contributed by atoms with Gasteiger partial charge in [0.2, 0.25) is 0 Å². The van der Waals surface area contributed by atoms with Crippen LogP contribution in [-0.2, 0) is 0 Å². The summed E-state index contributed by atoms with van der Waals surface area (Å²) in [5.41, 5.74) is 5.54. The predicted octanol–water partition coefficient (Wildman–Crippen LogP) is 2.05. The molecule has 0 amide bonds. The Balaban J connectivity index is 2.53. The number of thiophene rings is 1. The van der Waals surface area contributed by atoms with Crippen LogP contribution in [0, 0.1) is 6.92 Å². The zero-order valence-electron chi connectivity index (χ0n) is 8.50. The van der Waals surface area contributed by atoms with Gasteiger partial charge in [-0.25, -0.2) is 0 Å². The Labute approximate surface area is 84.2 Å². The second-order valence-corrected chi connectivity index (χ2v) is 4.79. The quantitative estimate of drug-likeness (QED) is 0.777. The minimum atomic E-state index is 0.386. The Morgan fingerprint density at radius 1 is 1.46 bits per heavy atom. The fraction of sp³-hybridized carbons (Fsp3) is 0.600. The van der Waals surface area contributed by atoms with Crippen LogP contribution in [0.5, 0.6) is 0 Å². The van der Waals surface area contributed by atoms with E-state index in [1.54, 1.807) is 0 Å². The highest BCUT2D eigenvalue weighted by molar-refractivity contribution is 7.12. The van der Waals surface area contributed by atoms with Crippen molar-refractivity contribution in [1.29, 1.82) is 0 Å². The van der Waals surface area contributed by atoms with Gasteiger partial charge in [0.1, 0.15) is 0 Å². The fourth-order valence-corrected chi connectivity index (χ4v) is 2.15. The summed E-state index contributed by atoms with van der Waals surface area (Å²) in [6, 6.07) is 5.14.